The lowest BCUT2D eigenvalue weighted by molar-refractivity contribution is 0.373. The second kappa shape index (κ2) is 5.25. The highest BCUT2D eigenvalue weighted by molar-refractivity contribution is 6.36. The van der Waals surface area contributed by atoms with E-state index < -0.39 is 0 Å². The number of hydrogen-bond acceptors (Lipinski definition) is 2. The van der Waals surface area contributed by atoms with Gasteiger partial charge in [-0.15, -0.1) is 0 Å². The predicted molar refractivity (Wildman–Crippen MR) is 76.1 cm³/mol. The molecule has 94 valence electrons. The molecule has 1 aromatic carbocycles. The van der Waals surface area contributed by atoms with Crippen molar-refractivity contribution in [1.82, 2.24) is 10.3 Å². The first-order valence-electron chi connectivity index (χ1n) is 6.56. The zero-order valence-corrected chi connectivity index (χ0v) is 11.1. The van der Waals surface area contributed by atoms with Crippen LogP contribution in [0.5, 0.6) is 0 Å². The van der Waals surface area contributed by atoms with Crippen LogP contribution >= 0.6 is 11.6 Å². The molecule has 1 saturated heterocycles. The van der Waals surface area contributed by atoms with Crippen LogP contribution in [0.1, 0.15) is 18.4 Å². The molecule has 1 aliphatic rings. The molecule has 0 atom stereocenters. The summed E-state index contributed by atoms with van der Waals surface area (Å²) in [4.78, 5) is 4.13. The molecule has 3 rings (SSSR count). The number of rotatable bonds is 2. The van der Waals surface area contributed by atoms with Gasteiger partial charge in [-0.2, -0.15) is 0 Å². The number of hydrogen-bond donors (Lipinski definition) is 1. The molecule has 2 nitrogen and oxygen atoms in total. The van der Waals surface area contributed by atoms with E-state index in [9.17, 15) is 0 Å². The highest BCUT2D eigenvalue weighted by atomic mass is 35.5. The normalized spacial score (nSPS) is 17.2. The third-order valence-electron chi connectivity index (χ3n) is 3.80. The fourth-order valence-electron chi connectivity index (χ4n) is 2.73. The summed E-state index contributed by atoms with van der Waals surface area (Å²) in [7, 11) is 0. The molecule has 1 aromatic heterocycles. The lowest BCUT2D eigenvalue weighted by Gasteiger charge is -2.23. The van der Waals surface area contributed by atoms with Crippen LogP contribution in [-0.2, 0) is 6.42 Å². The van der Waals surface area contributed by atoms with Crippen molar-refractivity contribution in [2.24, 2.45) is 5.92 Å². The summed E-state index contributed by atoms with van der Waals surface area (Å²) in [5.41, 5.74) is 1.28. The molecule has 2 heterocycles. The number of halogens is 1. The van der Waals surface area contributed by atoms with Gasteiger partial charge in [0.05, 0.1) is 5.02 Å². The van der Waals surface area contributed by atoms with Gasteiger partial charge < -0.3 is 5.32 Å². The second-order valence-electron chi connectivity index (χ2n) is 5.03. The van der Waals surface area contributed by atoms with Gasteiger partial charge in [-0.25, -0.2) is 0 Å². The Balaban J connectivity index is 1.89. The maximum absolute atomic E-state index is 6.52. The Morgan fingerprint density at radius 3 is 2.89 bits per heavy atom. The van der Waals surface area contributed by atoms with Crippen molar-refractivity contribution in [2.45, 2.75) is 19.3 Å². The number of benzene rings is 1. The highest BCUT2D eigenvalue weighted by Crippen LogP contribution is 2.29. The van der Waals surface area contributed by atoms with Crippen molar-refractivity contribution >= 4 is 22.4 Å². The molecule has 3 heteroatoms. The topological polar surface area (TPSA) is 24.9 Å². The van der Waals surface area contributed by atoms with Gasteiger partial charge in [0.2, 0.25) is 0 Å². The first-order valence-corrected chi connectivity index (χ1v) is 6.94. The van der Waals surface area contributed by atoms with Gasteiger partial charge >= 0.3 is 0 Å². The molecule has 1 fully saturated rings. The molecule has 2 aromatic rings. The molecule has 0 spiro atoms. The molecule has 18 heavy (non-hydrogen) atoms. The summed E-state index contributed by atoms with van der Waals surface area (Å²) in [6, 6.07) is 6.29. The van der Waals surface area contributed by atoms with Crippen LogP contribution in [0.3, 0.4) is 0 Å². The molecular formula is C15H17ClN2. The van der Waals surface area contributed by atoms with Gasteiger partial charge in [0, 0.05) is 23.2 Å². The first-order chi connectivity index (χ1) is 8.84. The first kappa shape index (κ1) is 11.9. The van der Waals surface area contributed by atoms with E-state index in [1.165, 1.54) is 18.4 Å². The van der Waals surface area contributed by atoms with Crippen LogP contribution in [0.4, 0.5) is 0 Å². The van der Waals surface area contributed by atoms with Gasteiger partial charge in [0.1, 0.15) is 0 Å². The van der Waals surface area contributed by atoms with Crippen molar-refractivity contribution in [1.29, 1.82) is 0 Å². The van der Waals surface area contributed by atoms with Gasteiger partial charge in [0.15, 0.2) is 0 Å². The lowest BCUT2D eigenvalue weighted by Crippen LogP contribution is -2.28. The highest BCUT2D eigenvalue weighted by Gasteiger charge is 2.15. The summed E-state index contributed by atoms with van der Waals surface area (Å²) < 4.78 is 0. The minimum atomic E-state index is 0.767. The Hall–Kier alpha value is -1.12. The minimum absolute atomic E-state index is 0.767. The number of aromatic nitrogens is 1. The molecule has 0 aliphatic carbocycles. The minimum Gasteiger partial charge on any atom is -0.317 e. The Morgan fingerprint density at radius 2 is 2.06 bits per heavy atom. The van der Waals surface area contributed by atoms with E-state index in [1.54, 1.807) is 0 Å². The SMILES string of the molecule is Clc1c(CC2CCNCC2)ccc2cnccc12. The number of nitrogens with zero attached hydrogens (tertiary/aromatic N) is 1. The molecule has 0 amide bonds. The fourth-order valence-corrected chi connectivity index (χ4v) is 3.04. The number of pyridine rings is 1. The Morgan fingerprint density at radius 1 is 1.22 bits per heavy atom. The van der Waals surface area contributed by atoms with E-state index in [-0.39, 0.29) is 0 Å². The molecule has 1 aliphatic heterocycles. The zero-order chi connectivity index (χ0) is 12.4. The molecule has 1 N–H and O–H groups in total. The average Bonchev–Trinajstić information content (AvgIpc) is 2.43. The summed E-state index contributed by atoms with van der Waals surface area (Å²) in [6.45, 7) is 2.28. The van der Waals surface area contributed by atoms with E-state index in [0.717, 1.165) is 41.2 Å². The Bertz CT molecular complexity index is 547. The third-order valence-corrected chi connectivity index (χ3v) is 4.25. The smallest absolute Gasteiger partial charge is 0.0517 e. The van der Waals surface area contributed by atoms with Gasteiger partial charge in [-0.05, 0) is 49.9 Å². The Kier molecular flexibility index (Phi) is 3.48. The van der Waals surface area contributed by atoms with Crippen molar-refractivity contribution < 1.29 is 0 Å². The third kappa shape index (κ3) is 2.36. The van der Waals surface area contributed by atoms with E-state index >= 15 is 0 Å². The quantitative estimate of drug-likeness (QED) is 0.895. The van der Waals surface area contributed by atoms with E-state index in [2.05, 4.69) is 22.4 Å². The van der Waals surface area contributed by atoms with Crippen LogP contribution < -0.4 is 5.32 Å². The lowest BCUT2D eigenvalue weighted by atomic mass is 9.90. The van der Waals surface area contributed by atoms with Crippen LogP contribution in [0.2, 0.25) is 5.02 Å². The molecule has 0 unspecified atom stereocenters. The number of piperidine rings is 1. The van der Waals surface area contributed by atoms with Crippen molar-refractivity contribution in [3.8, 4) is 0 Å². The summed E-state index contributed by atoms with van der Waals surface area (Å²) >= 11 is 6.52. The van der Waals surface area contributed by atoms with Gasteiger partial charge in [-0.1, -0.05) is 23.7 Å². The summed E-state index contributed by atoms with van der Waals surface area (Å²) in [6.07, 6.45) is 7.28. The second-order valence-corrected chi connectivity index (χ2v) is 5.41. The van der Waals surface area contributed by atoms with Crippen molar-refractivity contribution in [2.75, 3.05) is 13.1 Å². The largest absolute Gasteiger partial charge is 0.317 e. The van der Waals surface area contributed by atoms with Crippen molar-refractivity contribution in [3.63, 3.8) is 0 Å². The van der Waals surface area contributed by atoms with Crippen LogP contribution in [0.15, 0.2) is 30.6 Å². The monoisotopic (exact) mass is 260 g/mol. The van der Waals surface area contributed by atoms with E-state index in [4.69, 9.17) is 11.6 Å². The molecular weight excluding hydrogens is 244 g/mol. The van der Waals surface area contributed by atoms with Gasteiger partial charge in [-0.3, -0.25) is 4.98 Å². The van der Waals surface area contributed by atoms with Crippen LogP contribution in [0, 0.1) is 5.92 Å². The maximum Gasteiger partial charge on any atom is 0.0517 e. The van der Waals surface area contributed by atoms with E-state index in [0.29, 0.717) is 0 Å². The standard InChI is InChI=1S/C15H17ClN2/c16-15-12(9-11-3-6-17-7-4-11)1-2-13-10-18-8-5-14(13)15/h1-2,5,8,10-11,17H,3-4,6-7,9H2. The Labute approximate surface area is 112 Å². The van der Waals surface area contributed by atoms with E-state index in [1.807, 2.05) is 18.5 Å². The predicted octanol–water partition coefficient (Wildman–Crippen LogP) is 3.43. The average molecular weight is 261 g/mol. The summed E-state index contributed by atoms with van der Waals surface area (Å²) in [5.74, 6) is 0.767. The molecule has 0 radical (unpaired) electrons. The van der Waals surface area contributed by atoms with Crippen LogP contribution in [0.25, 0.3) is 10.8 Å². The maximum atomic E-state index is 6.52. The summed E-state index contributed by atoms with van der Waals surface area (Å²) in [5, 5.41) is 6.56. The van der Waals surface area contributed by atoms with Crippen molar-refractivity contribution in [3.05, 3.63) is 41.2 Å². The number of fused-ring (bicyclic) bond motifs is 1. The fraction of sp³-hybridized carbons (Fsp3) is 0.400. The molecule has 0 bridgehead atoms. The zero-order valence-electron chi connectivity index (χ0n) is 10.3. The van der Waals surface area contributed by atoms with Gasteiger partial charge in [0.25, 0.3) is 0 Å². The molecule has 0 saturated carbocycles. The van der Waals surface area contributed by atoms with Crippen LogP contribution in [-0.4, -0.2) is 18.1 Å². The number of nitrogens with one attached hydrogen (secondary N) is 1.